The molecule has 1 aliphatic carbocycles. The van der Waals surface area contributed by atoms with E-state index in [1.54, 1.807) is 33.2 Å². The van der Waals surface area contributed by atoms with Crippen LogP contribution in [0.3, 0.4) is 0 Å². The number of pyridine rings is 1. The molecule has 1 aromatic heterocycles. The molecule has 0 spiro atoms. The summed E-state index contributed by atoms with van der Waals surface area (Å²) in [5, 5.41) is 16.5. The Kier molecular flexibility index (Phi) is 9.76. The first-order valence-corrected chi connectivity index (χ1v) is 15.5. The Hall–Kier alpha value is -4.70. The van der Waals surface area contributed by atoms with Crippen LogP contribution < -0.4 is 24.8 Å². The summed E-state index contributed by atoms with van der Waals surface area (Å²) >= 11 is 0. The van der Waals surface area contributed by atoms with Crippen molar-refractivity contribution in [3.63, 3.8) is 0 Å². The molecule has 0 aliphatic heterocycles. The number of nitrogens with one attached hydrogen (secondary N) is 2. The zero-order valence-corrected chi connectivity index (χ0v) is 26.6. The van der Waals surface area contributed by atoms with Crippen LogP contribution in [0.4, 0.5) is 10.1 Å². The van der Waals surface area contributed by atoms with Crippen LogP contribution in [0.15, 0.2) is 72.9 Å². The predicted octanol–water partition coefficient (Wildman–Crippen LogP) is 7.09. The molecule has 9 nitrogen and oxygen atoms in total. The van der Waals surface area contributed by atoms with Gasteiger partial charge in [0.05, 0.1) is 30.9 Å². The summed E-state index contributed by atoms with van der Waals surface area (Å²) in [7, 11) is 1.58. The SMILES string of the molecule is CCC(NC(=O)C1(C(=O)Nc2ccc(F)cc2)CC1)c1ccc(Oc2ccnc3cc(OCCCC(C)(C)O)c(OC)cc23)cc1. The zero-order chi connectivity index (χ0) is 32.9. The lowest BCUT2D eigenvalue weighted by molar-refractivity contribution is -0.135. The summed E-state index contributed by atoms with van der Waals surface area (Å²) in [6.07, 6.45) is 4.50. The molecule has 4 aromatic rings. The number of nitrogens with zero attached hydrogens (tertiary/aromatic N) is 1. The summed E-state index contributed by atoms with van der Waals surface area (Å²) in [4.78, 5) is 30.8. The number of rotatable bonds is 14. The quantitative estimate of drug-likeness (QED) is 0.101. The van der Waals surface area contributed by atoms with E-state index in [1.165, 1.54) is 24.3 Å². The second kappa shape index (κ2) is 13.7. The molecule has 46 heavy (non-hydrogen) atoms. The summed E-state index contributed by atoms with van der Waals surface area (Å²) in [6.45, 7) is 5.94. The number of amides is 2. The third-order valence-electron chi connectivity index (χ3n) is 8.12. The van der Waals surface area contributed by atoms with Gasteiger partial charge in [-0.15, -0.1) is 0 Å². The first-order valence-electron chi connectivity index (χ1n) is 15.5. The number of halogens is 1. The Labute approximate surface area is 268 Å². The Bertz CT molecular complexity index is 1680. The number of carbonyl (C=O) groups is 2. The van der Waals surface area contributed by atoms with E-state index in [1.807, 2.05) is 43.3 Å². The minimum absolute atomic E-state index is 0.300. The Morgan fingerprint density at radius 3 is 2.35 bits per heavy atom. The lowest BCUT2D eigenvalue weighted by Gasteiger charge is -2.22. The molecule has 1 atom stereocenters. The maximum atomic E-state index is 13.3. The second-order valence-electron chi connectivity index (χ2n) is 12.2. The van der Waals surface area contributed by atoms with E-state index in [0.717, 1.165) is 10.9 Å². The van der Waals surface area contributed by atoms with Crippen molar-refractivity contribution in [2.75, 3.05) is 19.0 Å². The summed E-state index contributed by atoms with van der Waals surface area (Å²) < 4.78 is 31.0. The number of aromatic nitrogens is 1. The highest BCUT2D eigenvalue weighted by atomic mass is 19.1. The highest BCUT2D eigenvalue weighted by Crippen LogP contribution is 2.47. The fourth-order valence-corrected chi connectivity index (χ4v) is 5.26. The molecule has 3 aromatic carbocycles. The van der Waals surface area contributed by atoms with Gasteiger partial charge in [0.2, 0.25) is 11.8 Å². The van der Waals surface area contributed by atoms with Crippen LogP contribution in [-0.2, 0) is 9.59 Å². The first-order chi connectivity index (χ1) is 22.0. The van der Waals surface area contributed by atoms with Crippen molar-refractivity contribution in [2.45, 2.75) is 64.5 Å². The number of methoxy groups -OCH3 is 1. The molecule has 2 amide bonds. The van der Waals surface area contributed by atoms with Gasteiger partial charge < -0.3 is 30.0 Å². The fraction of sp³-hybridized carbons (Fsp3) is 0.361. The van der Waals surface area contributed by atoms with Crippen molar-refractivity contribution < 1.29 is 33.3 Å². The molecule has 1 aliphatic rings. The van der Waals surface area contributed by atoms with Gasteiger partial charge in [-0.25, -0.2) is 4.39 Å². The number of ether oxygens (including phenoxy) is 3. The summed E-state index contributed by atoms with van der Waals surface area (Å²) in [5.74, 6) is 1.19. The van der Waals surface area contributed by atoms with Crippen LogP contribution >= 0.6 is 0 Å². The number of hydrogen-bond donors (Lipinski definition) is 3. The molecule has 242 valence electrons. The molecule has 0 saturated heterocycles. The van der Waals surface area contributed by atoms with Crippen molar-refractivity contribution in [3.05, 3.63) is 84.3 Å². The largest absolute Gasteiger partial charge is 0.493 e. The molecule has 1 fully saturated rings. The van der Waals surface area contributed by atoms with Crippen molar-refractivity contribution in [1.29, 1.82) is 0 Å². The van der Waals surface area contributed by atoms with Crippen LogP contribution in [0, 0.1) is 11.2 Å². The first kappa shape index (κ1) is 32.7. The monoisotopic (exact) mass is 629 g/mol. The average Bonchev–Trinajstić information content (AvgIpc) is 3.85. The highest BCUT2D eigenvalue weighted by Gasteiger charge is 2.56. The number of anilines is 1. The van der Waals surface area contributed by atoms with Crippen LogP contribution in [0.25, 0.3) is 10.9 Å². The third kappa shape index (κ3) is 7.74. The smallest absolute Gasteiger partial charge is 0.240 e. The van der Waals surface area contributed by atoms with E-state index in [2.05, 4.69) is 15.6 Å². The van der Waals surface area contributed by atoms with Gasteiger partial charge >= 0.3 is 0 Å². The van der Waals surface area contributed by atoms with E-state index >= 15 is 0 Å². The van der Waals surface area contributed by atoms with Gasteiger partial charge in [-0.05, 0) is 100 Å². The van der Waals surface area contributed by atoms with Gasteiger partial charge in [0.15, 0.2) is 11.5 Å². The van der Waals surface area contributed by atoms with Gasteiger partial charge in [0.1, 0.15) is 22.7 Å². The van der Waals surface area contributed by atoms with Gasteiger partial charge in [0, 0.05) is 23.3 Å². The van der Waals surface area contributed by atoms with Gasteiger partial charge in [-0.2, -0.15) is 0 Å². The predicted molar refractivity (Wildman–Crippen MR) is 174 cm³/mol. The van der Waals surface area contributed by atoms with Crippen molar-refractivity contribution in [3.8, 4) is 23.0 Å². The molecule has 1 saturated carbocycles. The average molecular weight is 630 g/mol. The lowest BCUT2D eigenvalue weighted by Crippen LogP contribution is -2.41. The standard InChI is InChI=1S/C36H40FN3O6/c1-5-28(40-34(42)36(17-18-36)33(41)39-25-11-9-24(37)10-12-25)23-7-13-26(14-8-23)46-30-15-19-38-29-22-32(31(44-4)21-27(29)30)45-20-6-16-35(2,3)43/h7-15,19,21-22,28,43H,5-6,16-18,20H2,1-4H3,(H,39,41)(H,40,42). The zero-order valence-electron chi connectivity index (χ0n) is 26.6. The maximum absolute atomic E-state index is 13.3. The van der Waals surface area contributed by atoms with E-state index in [4.69, 9.17) is 14.2 Å². The number of fused-ring (bicyclic) bond motifs is 1. The molecule has 5 rings (SSSR count). The van der Waals surface area contributed by atoms with Crippen molar-refractivity contribution >= 4 is 28.4 Å². The van der Waals surface area contributed by atoms with Gasteiger partial charge in [0.25, 0.3) is 0 Å². The van der Waals surface area contributed by atoms with Crippen LogP contribution in [-0.4, -0.2) is 41.2 Å². The molecule has 10 heteroatoms. The maximum Gasteiger partial charge on any atom is 0.240 e. The molecule has 3 N–H and O–H groups in total. The molecular weight excluding hydrogens is 589 g/mol. The Morgan fingerprint density at radius 1 is 1.00 bits per heavy atom. The van der Waals surface area contributed by atoms with Crippen molar-refractivity contribution in [1.82, 2.24) is 10.3 Å². The minimum atomic E-state index is -1.13. The highest BCUT2D eigenvalue weighted by molar-refractivity contribution is 6.13. The summed E-state index contributed by atoms with van der Waals surface area (Å²) in [5.41, 5.74) is 0.124. The molecule has 0 bridgehead atoms. The topological polar surface area (TPSA) is 119 Å². The summed E-state index contributed by atoms with van der Waals surface area (Å²) in [6, 6.07) is 18.1. The molecule has 0 radical (unpaired) electrons. The normalized spacial score (nSPS) is 14.3. The second-order valence-corrected chi connectivity index (χ2v) is 12.2. The molecule has 1 heterocycles. The van der Waals surface area contributed by atoms with Crippen LogP contribution in [0.2, 0.25) is 0 Å². The van der Waals surface area contributed by atoms with Gasteiger partial charge in [-0.3, -0.25) is 14.6 Å². The fourth-order valence-electron chi connectivity index (χ4n) is 5.26. The minimum Gasteiger partial charge on any atom is -0.493 e. The lowest BCUT2D eigenvalue weighted by atomic mass is 10.0. The Morgan fingerprint density at radius 2 is 1.72 bits per heavy atom. The van der Waals surface area contributed by atoms with Crippen LogP contribution in [0.1, 0.15) is 64.5 Å². The third-order valence-corrected chi connectivity index (χ3v) is 8.12. The number of aliphatic hydroxyl groups is 1. The van der Waals surface area contributed by atoms with E-state index in [0.29, 0.717) is 72.9 Å². The van der Waals surface area contributed by atoms with E-state index in [-0.39, 0.29) is 17.9 Å². The molecule has 1 unspecified atom stereocenters. The van der Waals surface area contributed by atoms with Crippen molar-refractivity contribution in [2.24, 2.45) is 5.41 Å². The number of carbonyl (C=O) groups excluding carboxylic acids is 2. The Balaban J connectivity index is 1.24. The van der Waals surface area contributed by atoms with Crippen LogP contribution in [0.5, 0.6) is 23.0 Å². The number of benzene rings is 3. The van der Waals surface area contributed by atoms with E-state index < -0.39 is 16.8 Å². The number of hydrogen-bond acceptors (Lipinski definition) is 7. The van der Waals surface area contributed by atoms with E-state index in [9.17, 15) is 19.1 Å². The van der Waals surface area contributed by atoms with Gasteiger partial charge in [-0.1, -0.05) is 19.1 Å². The molecular formula is C36H40FN3O6.